The normalized spacial score (nSPS) is 36.2. The zero-order chi connectivity index (χ0) is 7.68. The SMILES string of the molecule is S=C1C=COC2CCCCC12. The maximum absolute atomic E-state index is 5.48. The number of allylic oxidation sites excluding steroid dienone is 1. The molecule has 2 aliphatic rings. The van der Waals surface area contributed by atoms with E-state index in [-0.39, 0.29) is 0 Å². The highest BCUT2D eigenvalue weighted by atomic mass is 32.1. The van der Waals surface area contributed by atoms with E-state index in [1.54, 1.807) is 6.26 Å². The van der Waals surface area contributed by atoms with E-state index >= 15 is 0 Å². The molecule has 1 nitrogen and oxygen atoms in total. The molecule has 0 amide bonds. The minimum absolute atomic E-state index is 0.404. The minimum Gasteiger partial charge on any atom is -0.497 e. The van der Waals surface area contributed by atoms with E-state index in [9.17, 15) is 0 Å². The van der Waals surface area contributed by atoms with E-state index in [4.69, 9.17) is 17.0 Å². The summed E-state index contributed by atoms with van der Waals surface area (Å²) < 4.78 is 5.48. The van der Waals surface area contributed by atoms with Crippen molar-refractivity contribution in [2.24, 2.45) is 5.92 Å². The first-order chi connectivity index (χ1) is 5.38. The van der Waals surface area contributed by atoms with Crippen molar-refractivity contribution < 1.29 is 4.74 Å². The predicted octanol–water partition coefficient (Wildman–Crippen LogP) is 2.46. The Morgan fingerprint density at radius 3 is 3.00 bits per heavy atom. The van der Waals surface area contributed by atoms with Gasteiger partial charge in [0, 0.05) is 10.8 Å². The highest BCUT2D eigenvalue weighted by Crippen LogP contribution is 2.30. The first-order valence-electron chi connectivity index (χ1n) is 4.24. The first-order valence-corrected chi connectivity index (χ1v) is 4.64. The molecule has 1 saturated carbocycles. The van der Waals surface area contributed by atoms with Crippen molar-refractivity contribution in [1.29, 1.82) is 0 Å². The lowest BCUT2D eigenvalue weighted by Crippen LogP contribution is -2.33. The van der Waals surface area contributed by atoms with Crippen LogP contribution in [0.25, 0.3) is 0 Å². The fraction of sp³-hybridized carbons (Fsp3) is 0.667. The van der Waals surface area contributed by atoms with E-state index < -0.39 is 0 Å². The molecule has 1 fully saturated rings. The Morgan fingerprint density at radius 1 is 1.36 bits per heavy atom. The molecule has 1 aliphatic heterocycles. The van der Waals surface area contributed by atoms with Crippen LogP contribution in [0.4, 0.5) is 0 Å². The molecule has 0 radical (unpaired) electrons. The second-order valence-corrected chi connectivity index (χ2v) is 3.74. The maximum Gasteiger partial charge on any atom is 0.105 e. The fourth-order valence-corrected chi connectivity index (χ4v) is 2.24. The summed E-state index contributed by atoms with van der Waals surface area (Å²) in [4.78, 5) is 1.10. The van der Waals surface area contributed by atoms with E-state index in [1.807, 2.05) is 6.08 Å². The molecule has 1 heterocycles. The molecular formula is C9H12OS. The van der Waals surface area contributed by atoms with Crippen molar-refractivity contribution in [3.05, 3.63) is 12.3 Å². The van der Waals surface area contributed by atoms with Gasteiger partial charge in [-0.3, -0.25) is 0 Å². The summed E-state index contributed by atoms with van der Waals surface area (Å²) in [5.74, 6) is 0.545. The van der Waals surface area contributed by atoms with Crippen molar-refractivity contribution >= 4 is 17.1 Å². The summed E-state index contributed by atoms with van der Waals surface area (Å²) in [6.07, 6.45) is 9.14. The zero-order valence-electron chi connectivity index (χ0n) is 6.45. The Labute approximate surface area is 72.4 Å². The van der Waals surface area contributed by atoms with Crippen LogP contribution in [0.15, 0.2) is 12.3 Å². The van der Waals surface area contributed by atoms with E-state index in [2.05, 4.69) is 0 Å². The lowest BCUT2D eigenvalue weighted by atomic mass is 9.83. The van der Waals surface area contributed by atoms with Gasteiger partial charge in [0.1, 0.15) is 6.10 Å². The van der Waals surface area contributed by atoms with Crippen LogP contribution in [0.1, 0.15) is 25.7 Å². The average molecular weight is 168 g/mol. The molecule has 0 aromatic heterocycles. The number of fused-ring (bicyclic) bond motifs is 1. The minimum atomic E-state index is 0.404. The van der Waals surface area contributed by atoms with E-state index in [1.165, 1.54) is 25.7 Å². The molecule has 0 saturated heterocycles. The zero-order valence-corrected chi connectivity index (χ0v) is 7.27. The van der Waals surface area contributed by atoms with Crippen LogP contribution in [-0.4, -0.2) is 11.0 Å². The summed E-state index contributed by atoms with van der Waals surface area (Å²) in [7, 11) is 0. The van der Waals surface area contributed by atoms with E-state index in [0.717, 1.165) is 4.86 Å². The third-order valence-corrected chi connectivity index (χ3v) is 2.99. The number of rotatable bonds is 0. The van der Waals surface area contributed by atoms with Gasteiger partial charge < -0.3 is 4.74 Å². The van der Waals surface area contributed by atoms with Crippen molar-refractivity contribution in [3.8, 4) is 0 Å². The highest BCUT2D eigenvalue weighted by molar-refractivity contribution is 7.80. The first kappa shape index (κ1) is 7.29. The van der Waals surface area contributed by atoms with Crippen molar-refractivity contribution in [3.63, 3.8) is 0 Å². The van der Waals surface area contributed by atoms with Crippen LogP contribution in [0.3, 0.4) is 0 Å². The number of hydrogen-bond acceptors (Lipinski definition) is 2. The fourth-order valence-electron chi connectivity index (χ4n) is 1.92. The van der Waals surface area contributed by atoms with Gasteiger partial charge in [0.15, 0.2) is 0 Å². The molecule has 2 rings (SSSR count). The number of thiocarbonyl (C=S) groups is 1. The van der Waals surface area contributed by atoms with Gasteiger partial charge in [0.2, 0.25) is 0 Å². The molecule has 0 bridgehead atoms. The Hall–Kier alpha value is -0.370. The van der Waals surface area contributed by atoms with Gasteiger partial charge in [0.05, 0.1) is 6.26 Å². The second-order valence-electron chi connectivity index (χ2n) is 3.27. The van der Waals surface area contributed by atoms with Crippen LogP contribution in [0.5, 0.6) is 0 Å². The van der Waals surface area contributed by atoms with Crippen LogP contribution in [0.2, 0.25) is 0 Å². The standard InChI is InChI=1S/C9H12OS/c11-9-5-6-10-8-4-2-1-3-7(8)9/h5-8H,1-4H2. The Bertz CT molecular complexity index is 198. The van der Waals surface area contributed by atoms with Crippen LogP contribution in [0, 0.1) is 5.92 Å². The summed E-state index contributed by atoms with van der Waals surface area (Å²) in [5.41, 5.74) is 0. The summed E-state index contributed by atoms with van der Waals surface area (Å²) in [5, 5.41) is 0. The molecule has 1 aliphatic carbocycles. The van der Waals surface area contributed by atoms with Gasteiger partial charge in [-0.15, -0.1) is 0 Å². The lowest BCUT2D eigenvalue weighted by molar-refractivity contribution is 0.0760. The molecule has 2 unspecified atom stereocenters. The van der Waals surface area contributed by atoms with Crippen molar-refractivity contribution in [2.45, 2.75) is 31.8 Å². The Balaban J connectivity index is 2.14. The summed E-state index contributed by atoms with van der Waals surface area (Å²) in [6.45, 7) is 0. The third kappa shape index (κ3) is 1.32. The second kappa shape index (κ2) is 2.94. The van der Waals surface area contributed by atoms with Gasteiger partial charge >= 0.3 is 0 Å². The lowest BCUT2D eigenvalue weighted by Gasteiger charge is -2.33. The van der Waals surface area contributed by atoms with Crippen LogP contribution < -0.4 is 0 Å². The molecule has 60 valence electrons. The third-order valence-electron chi connectivity index (χ3n) is 2.55. The van der Waals surface area contributed by atoms with Gasteiger partial charge in [-0.1, -0.05) is 18.6 Å². The Kier molecular flexibility index (Phi) is 1.95. The van der Waals surface area contributed by atoms with Crippen molar-refractivity contribution in [2.75, 3.05) is 0 Å². The number of hydrogen-bond donors (Lipinski definition) is 0. The number of ether oxygens (including phenoxy) is 1. The van der Waals surface area contributed by atoms with Gasteiger partial charge in [-0.2, -0.15) is 0 Å². The molecular weight excluding hydrogens is 156 g/mol. The van der Waals surface area contributed by atoms with Crippen LogP contribution in [-0.2, 0) is 4.74 Å². The molecule has 0 spiro atoms. The highest BCUT2D eigenvalue weighted by Gasteiger charge is 2.30. The van der Waals surface area contributed by atoms with Gasteiger partial charge in [-0.25, -0.2) is 0 Å². The van der Waals surface area contributed by atoms with Gasteiger partial charge in [0.25, 0.3) is 0 Å². The molecule has 0 N–H and O–H groups in total. The molecule has 0 aromatic rings. The predicted molar refractivity (Wildman–Crippen MR) is 48.6 cm³/mol. The summed E-state index contributed by atoms with van der Waals surface area (Å²) >= 11 is 5.24. The average Bonchev–Trinajstić information content (AvgIpc) is 2.06. The molecule has 2 heteroatoms. The summed E-state index contributed by atoms with van der Waals surface area (Å²) in [6, 6.07) is 0. The Morgan fingerprint density at radius 2 is 2.18 bits per heavy atom. The monoisotopic (exact) mass is 168 g/mol. The largest absolute Gasteiger partial charge is 0.497 e. The topological polar surface area (TPSA) is 9.23 Å². The van der Waals surface area contributed by atoms with Gasteiger partial charge in [-0.05, 0) is 25.3 Å². The molecule has 11 heavy (non-hydrogen) atoms. The van der Waals surface area contributed by atoms with E-state index in [0.29, 0.717) is 12.0 Å². The quantitative estimate of drug-likeness (QED) is 0.514. The van der Waals surface area contributed by atoms with Crippen molar-refractivity contribution in [1.82, 2.24) is 0 Å². The maximum atomic E-state index is 5.48. The smallest absolute Gasteiger partial charge is 0.105 e. The van der Waals surface area contributed by atoms with Crippen LogP contribution >= 0.6 is 12.2 Å². The molecule has 0 aromatic carbocycles. The molecule has 2 atom stereocenters.